The van der Waals surface area contributed by atoms with Crippen molar-refractivity contribution in [3.8, 4) is 0 Å². The Morgan fingerprint density at radius 1 is 1.38 bits per heavy atom. The Morgan fingerprint density at radius 3 is 2.62 bits per heavy atom. The molecular weight excluding hydrogens is 204 g/mol. The molecule has 0 atom stereocenters. The summed E-state index contributed by atoms with van der Waals surface area (Å²) in [6.45, 7) is 1.19. The highest BCUT2D eigenvalue weighted by Gasteiger charge is 2.25. The van der Waals surface area contributed by atoms with Crippen molar-refractivity contribution in [1.82, 2.24) is 9.97 Å². The molecule has 1 fully saturated rings. The summed E-state index contributed by atoms with van der Waals surface area (Å²) in [5, 5.41) is 9.06. The van der Waals surface area contributed by atoms with E-state index in [0.29, 0.717) is 19.1 Å². The zero-order chi connectivity index (χ0) is 11.4. The Kier molecular flexibility index (Phi) is 3.69. The van der Waals surface area contributed by atoms with Crippen molar-refractivity contribution in [2.24, 2.45) is 5.73 Å². The molecule has 1 saturated carbocycles. The molecule has 0 aliphatic heterocycles. The lowest BCUT2D eigenvalue weighted by Crippen LogP contribution is -2.42. The molecular formula is C11H18N4O. The molecule has 5 heteroatoms. The summed E-state index contributed by atoms with van der Waals surface area (Å²) < 4.78 is 0. The molecule has 1 aliphatic rings. The Bertz CT molecular complexity index is 323. The van der Waals surface area contributed by atoms with Gasteiger partial charge in [-0.2, -0.15) is 0 Å². The number of aliphatic hydroxyl groups excluding tert-OH is 1. The maximum absolute atomic E-state index is 9.06. The number of hydrogen-bond donors (Lipinski definition) is 2. The van der Waals surface area contributed by atoms with Crippen molar-refractivity contribution >= 4 is 5.82 Å². The van der Waals surface area contributed by atoms with Crippen molar-refractivity contribution in [3.63, 3.8) is 0 Å². The van der Waals surface area contributed by atoms with Gasteiger partial charge in [0.1, 0.15) is 5.82 Å². The van der Waals surface area contributed by atoms with E-state index in [-0.39, 0.29) is 6.61 Å². The number of rotatable bonds is 5. The Hall–Kier alpha value is -1.20. The topological polar surface area (TPSA) is 75.3 Å². The van der Waals surface area contributed by atoms with Gasteiger partial charge in [0.15, 0.2) is 0 Å². The summed E-state index contributed by atoms with van der Waals surface area (Å²) in [5.41, 5.74) is 6.27. The molecule has 1 heterocycles. The lowest BCUT2D eigenvalue weighted by atomic mass is 9.91. The van der Waals surface area contributed by atoms with E-state index in [1.54, 1.807) is 12.4 Å². The first-order chi connectivity index (χ1) is 7.85. The summed E-state index contributed by atoms with van der Waals surface area (Å²) in [6, 6.07) is 0.519. The Morgan fingerprint density at radius 2 is 2.19 bits per heavy atom. The van der Waals surface area contributed by atoms with Gasteiger partial charge < -0.3 is 15.7 Å². The molecule has 2 rings (SSSR count). The molecule has 1 aliphatic carbocycles. The van der Waals surface area contributed by atoms with Crippen LogP contribution < -0.4 is 10.6 Å². The van der Waals surface area contributed by atoms with Crippen LogP contribution in [0.2, 0.25) is 0 Å². The molecule has 16 heavy (non-hydrogen) atoms. The average Bonchev–Trinajstić information content (AvgIpc) is 2.26. The number of nitrogens with two attached hydrogens (primary N) is 1. The summed E-state index contributed by atoms with van der Waals surface area (Å²) in [5.74, 6) is 0.843. The fraction of sp³-hybridized carbons (Fsp3) is 0.636. The monoisotopic (exact) mass is 222 g/mol. The van der Waals surface area contributed by atoms with Crippen molar-refractivity contribution < 1.29 is 5.11 Å². The maximum atomic E-state index is 9.06. The third-order valence-corrected chi connectivity index (χ3v) is 3.05. The van der Waals surface area contributed by atoms with Crippen LogP contribution in [0.3, 0.4) is 0 Å². The highest BCUT2D eigenvalue weighted by atomic mass is 16.3. The number of hydrogen-bond acceptors (Lipinski definition) is 5. The van der Waals surface area contributed by atoms with Crippen LogP contribution in [0.15, 0.2) is 12.4 Å². The molecule has 0 radical (unpaired) electrons. The van der Waals surface area contributed by atoms with Crippen molar-refractivity contribution in [2.45, 2.75) is 31.8 Å². The van der Waals surface area contributed by atoms with E-state index >= 15 is 0 Å². The van der Waals surface area contributed by atoms with Crippen LogP contribution in [0.5, 0.6) is 0 Å². The molecule has 0 unspecified atom stereocenters. The van der Waals surface area contributed by atoms with Gasteiger partial charge in [-0.1, -0.05) is 0 Å². The molecule has 5 nitrogen and oxygen atoms in total. The fourth-order valence-electron chi connectivity index (χ4n) is 1.89. The van der Waals surface area contributed by atoms with E-state index in [9.17, 15) is 0 Å². The van der Waals surface area contributed by atoms with Crippen LogP contribution in [0.1, 0.15) is 25.0 Å². The second-order valence-corrected chi connectivity index (χ2v) is 4.07. The second-order valence-electron chi connectivity index (χ2n) is 4.07. The zero-order valence-corrected chi connectivity index (χ0v) is 9.34. The average molecular weight is 222 g/mol. The van der Waals surface area contributed by atoms with Crippen LogP contribution >= 0.6 is 0 Å². The largest absolute Gasteiger partial charge is 0.395 e. The molecule has 0 aromatic carbocycles. The molecule has 0 bridgehead atoms. The zero-order valence-electron chi connectivity index (χ0n) is 9.34. The van der Waals surface area contributed by atoms with Crippen LogP contribution in [0.25, 0.3) is 0 Å². The second kappa shape index (κ2) is 5.23. The van der Waals surface area contributed by atoms with Crippen LogP contribution in [0.4, 0.5) is 5.82 Å². The maximum Gasteiger partial charge on any atom is 0.147 e. The lowest BCUT2D eigenvalue weighted by molar-refractivity contribution is 0.283. The lowest BCUT2D eigenvalue weighted by Gasteiger charge is -2.37. The molecule has 1 aromatic heterocycles. The number of nitrogens with zero attached hydrogens (tertiary/aromatic N) is 3. The third-order valence-electron chi connectivity index (χ3n) is 3.05. The third kappa shape index (κ3) is 2.31. The van der Waals surface area contributed by atoms with Gasteiger partial charge in [-0.3, -0.25) is 4.98 Å². The number of anilines is 1. The predicted octanol–water partition coefficient (Wildman–Crippen LogP) is 0.286. The summed E-state index contributed by atoms with van der Waals surface area (Å²) >= 11 is 0. The van der Waals surface area contributed by atoms with E-state index in [0.717, 1.165) is 11.5 Å². The van der Waals surface area contributed by atoms with Gasteiger partial charge in [0.2, 0.25) is 0 Å². The molecule has 0 amide bonds. The summed E-state index contributed by atoms with van der Waals surface area (Å²) in [6.07, 6.45) is 7.08. The Balaban J connectivity index is 2.10. The van der Waals surface area contributed by atoms with Gasteiger partial charge in [0.25, 0.3) is 0 Å². The molecule has 88 valence electrons. The van der Waals surface area contributed by atoms with Gasteiger partial charge in [0, 0.05) is 19.1 Å². The SMILES string of the molecule is NCc1cnc(N(CCO)C2CCC2)cn1. The normalized spacial score (nSPS) is 15.9. The van der Waals surface area contributed by atoms with Gasteiger partial charge in [0.05, 0.1) is 24.7 Å². The van der Waals surface area contributed by atoms with Gasteiger partial charge in [-0.15, -0.1) is 0 Å². The van der Waals surface area contributed by atoms with Gasteiger partial charge >= 0.3 is 0 Å². The molecule has 0 spiro atoms. The minimum atomic E-state index is 0.150. The van der Waals surface area contributed by atoms with Gasteiger partial charge in [-0.25, -0.2) is 4.98 Å². The van der Waals surface area contributed by atoms with Crippen LogP contribution in [0, 0.1) is 0 Å². The minimum absolute atomic E-state index is 0.150. The first kappa shape index (κ1) is 11.3. The van der Waals surface area contributed by atoms with E-state index in [2.05, 4.69) is 14.9 Å². The first-order valence-corrected chi connectivity index (χ1v) is 5.73. The standard InChI is InChI=1S/C11H18N4O/c12-6-9-7-14-11(8-13-9)15(4-5-16)10-2-1-3-10/h7-8,10,16H,1-6,12H2. The number of aromatic nitrogens is 2. The van der Waals surface area contributed by atoms with E-state index in [1.165, 1.54) is 19.3 Å². The smallest absolute Gasteiger partial charge is 0.147 e. The van der Waals surface area contributed by atoms with Gasteiger partial charge in [-0.05, 0) is 19.3 Å². The Labute approximate surface area is 95.3 Å². The highest BCUT2D eigenvalue weighted by Crippen LogP contribution is 2.27. The van der Waals surface area contributed by atoms with Crippen molar-refractivity contribution in [2.75, 3.05) is 18.1 Å². The van der Waals surface area contributed by atoms with Crippen molar-refractivity contribution in [1.29, 1.82) is 0 Å². The molecule has 3 N–H and O–H groups in total. The van der Waals surface area contributed by atoms with Crippen LogP contribution in [-0.4, -0.2) is 34.3 Å². The number of aliphatic hydroxyl groups is 1. The van der Waals surface area contributed by atoms with E-state index in [4.69, 9.17) is 10.8 Å². The fourth-order valence-corrected chi connectivity index (χ4v) is 1.89. The van der Waals surface area contributed by atoms with Crippen molar-refractivity contribution in [3.05, 3.63) is 18.1 Å². The molecule has 1 aromatic rings. The van der Waals surface area contributed by atoms with E-state index < -0.39 is 0 Å². The quantitative estimate of drug-likeness (QED) is 0.748. The predicted molar refractivity (Wildman–Crippen MR) is 62.0 cm³/mol. The molecule has 0 saturated heterocycles. The van der Waals surface area contributed by atoms with E-state index in [1.807, 2.05) is 0 Å². The van der Waals surface area contributed by atoms with Crippen LogP contribution in [-0.2, 0) is 6.54 Å². The first-order valence-electron chi connectivity index (χ1n) is 5.73. The minimum Gasteiger partial charge on any atom is -0.395 e. The summed E-state index contributed by atoms with van der Waals surface area (Å²) in [4.78, 5) is 10.7. The highest BCUT2D eigenvalue weighted by molar-refractivity contribution is 5.38. The summed E-state index contributed by atoms with van der Waals surface area (Å²) in [7, 11) is 0.